The van der Waals surface area contributed by atoms with E-state index in [2.05, 4.69) is 0 Å². The summed E-state index contributed by atoms with van der Waals surface area (Å²) in [6, 6.07) is 0. The zero-order valence-electron chi connectivity index (χ0n) is 8.45. The van der Waals surface area contributed by atoms with Crippen LogP contribution in [0.15, 0.2) is 0 Å². The van der Waals surface area contributed by atoms with Crippen molar-refractivity contribution < 1.29 is 44.2 Å². The van der Waals surface area contributed by atoms with E-state index in [9.17, 15) is 18.6 Å². The predicted octanol–water partition coefficient (Wildman–Crippen LogP) is -4.65. The second-order valence-electron chi connectivity index (χ2n) is 3.24. The highest BCUT2D eigenvalue weighted by Gasteiger charge is 2.36. The lowest BCUT2D eigenvalue weighted by atomic mass is 10.00. The van der Waals surface area contributed by atoms with Crippen molar-refractivity contribution in [2.45, 2.75) is 30.5 Å². The molecule has 0 heterocycles. The Hall–Kier alpha value is -0.590. The van der Waals surface area contributed by atoms with E-state index < -0.39 is 52.5 Å². The second-order valence-corrected chi connectivity index (χ2v) is 4.13. The van der Waals surface area contributed by atoms with Gasteiger partial charge in [0.25, 0.3) is 0 Å². The van der Waals surface area contributed by atoms with E-state index in [1.165, 1.54) is 0 Å². The molecule has 17 heavy (non-hydrogen) atoms. The smallest absolute Gasteiger partial charge is 0.243 e. The fourth-order valence-electron chi connectivity index (χ4n) is 0.969. The van der Waals surface area contributed by atoms with Crippen LogP contribution in [0.2, 0.25) is 0 Å². The van der Waals surface area contributed by atoms with E-state index in [0.717, 1.165) is 0 Å². The molecule has 0 aromatic heterocycles. The van der Waals surface area contributed by atoms with Gasteiger partial charge < -0.3 is 35.7 Å². The monoisotopic (exact) mass is 274 g/mol. The first-order chi connectivity index (χ1) is 7.73. The van der Waals surface area contributed by atoms with Crippen LogP contribution < -0.4 is 0 Å². The lowest BCUT2D eigenvalue weighted by molar-refractivity contribution is -0.131. The van der Waals surface area contributed by atoms with Crippen molar-refractivity contribution in [1.82, 2.24) is 0 Å². The Kier molecular flexibility index (Phi) is 6.74. The van der Waals surface area contributed by atoms with Gasteiger partial charge in [0.1, 0.15) is 30.5 Å². The first-order valence-corrected chi connectivity index (χ1v) is 5.47. The number of aliphatic hydroxyl groups excluding tert-OH is 7. The summed E-state index contributed by atoms with van der Waals surface area (Å²) in [5, 5.41) is 61.3. The van der Waals surface area contributed by atoms with Crippen LogP contribution >= 0.6 is 0 Å². The van der Waals surface area contributed by atoms with Gasteiger partial charge in [0.05, 0.1) is 6.61 Å². The number of hydrogen-bond acceptors (Lipinski definition) is 8. The molecule has 10 heteroatoms. The Balaban J connectivity index is 4.82. The molecule has 0 aromatic carbocycles. The van der Waals surface area contributed by atoms with Crippen LogP contribution in [0.3, 0.4) is 0 Å². The minimum atomic E-state index is -3.20. The van der Waals surface area contributed by atoms with Crippen molar-refractivity contribution in [3.8, 4) is 0 Å². The molecule has 0 amide bonds. The van der Waals surface area contributed by atoms with E-state index in [0.29, 0.717) is 0 Å². The van der Waals surface area contributed by atoms with Crippen LogP contribution in [0.1, 0.15) is 0 Å². The third-order valence-electron chi connectivity index (χ3n) is 2.03. The summed E-state index contributed by atoms with van der Waals surface area (Å²) in [6.07, 6.45) is -10.6. The van der Waals surface area contributed by atoms with Gasteiger partial charge in [-0.2, -0.15) is 8.42 Å². The number of hydrogen-bond donors (Lipinski definition) is 7. The SMILES string of the molecule is O=S(=O)=C(O)[C@H](O)[C@H](O)[C@@H](O)[C@H](O)[C@H](O)CO. The fourth-order valence-corrected chi connectivity index (χ4v) is 1.31. The Labute approximate surface area is 97.3 Å². The predicted molar refractivity (Wildman–Crippen MR) is 53.7 cm³/mol. The van der Waals surface area contributed by atoms with Crippen LogP contribution in [0.5, 0.6) is 0 Å². The van der Waals surface area contributed by atoms with Crippen LogP contribution in [0.4, 0.5) is 0 Å². The Morgan fingerprint density at radius 1 is 0.941 bits per heavy atom. The molecule has 9 nitrogen and oxygen atoms in total. The van der Waals surface area contributed by atoms with Crippen molar-refractivity contribution in [1.29, 1.82) is 0 Å². The van der Waals surface area contributed by atoms with E-state index in [1.54, 1.807) is 0 Å². The number of rotatable bonds is 6. The molecular weight excluding hydrogens is 260 g/mol. The summed E-state index contributed by atoms with van der Waals surface area (Å²) in [7, 11) is -3.20. The summed E-state index contributed by atoms with van der Waals surface area (Å²) >= 11 is 0. The first-order valence-electron chi connectivity index (χ1n) is 4.40. The van der Waals surface area contributed by atoms with E-state index in [-0.39, 0.29) is 0 Å². The minimum absolute atomic E-state index is 0.926. The molecule has 0 spiro atoms. The van der Waals surface area contributed by atoms with Crippen LogP contribution in [0.25, 0.3) is 0 Å². The van der Waals surface area contributed by atoms with Gasteiger partial charge in [-0.05, 0) is 0 Å². The highest BCUT2D eigenvalue weighted by molar-refractivity contribution is 7.72. The summed E-state index contributed by atoms with van der Waals surface area (Å²) in [5.74, 6) is 0. The molecular formula is C7H14O9S. The maximum atomic E-state index is 10.2. The van der Waals surface area contributed by atoms with E-state index in [1.807, 2.05) is 0 Å². The van der Waals surface area contributed by atoms with Crippen molar-refractivity contribution in [2.75, 3.05) is 6.61 Å². The van der Waals surface area contributed by atoms with Crippen molar-refractivity contribution >= 4 is 15.3 Å². The van der Waals surface area contributed by atoms with Crippen molar-refractivity contribution in [2.24, 2.45) is 0 Å². The van der Waals surface area contributed by atoms with Crippen LogP contribution in [-0.4, -0.2) is 86.3 Å². The van der Waals surface area contributed by atoms with E-state index >= 15 is 0 Å². The fraction of sp³-hybridized carbons (Fsp3) is 0.857. The molecule has 102 valence electrons. The molecule has 0 aliphatic heterocycles. The summed E-state index contributed by atoms with van der Waals surface area (Å²) < 4.78 is 20.5. The molecule has 0 bridgehead atoms. The third-order valence-corrected chi connectivity index (χ3v) is 2.61. The van der Waals surface area contributed by atoms with Crippen LogP contribution in [0, 0.1) is 0 Å². The Morgan fingerprint density at radius 2 is 1.41 bits per heavy atom. The Morgan fingerprint density at radius 3 is 1.76 bits per heavy atom. The lowest BCUT2D eigenvalue weighted by Crippen LogP contribution is -2.52. The highest BCUT2D eigenvalue weighted by atomic mass is 32.2. The third kappa shape index (κ3) is 4.29. The molecule has 0 saturated heterocycles. The van der Waals surface area contributed by atoms with Gasteiger partial charge in [-0.25, -0.2) is 0 Å². The molecule has 0 aliphatic carbocycles. The van der Waals surface area contributed by atoms with Crippen molar-refractivity contribution in [3.63, 3.8) is 0 Å². The van der Waals surface area contributed by atoms with Gasteiger partial charge in [-0.1, -0.05) is 0 Å². The average molecular weight is 274 g/mol. The maximum Gasteiger partial charge on any atom is 0.243 e. The standard InChI is InChI=1S/C7H14O9S/c8-1-2(9)3(10)4(11)5(12)6(13)7(14)17(15)16/h2-6,8-14H,1H2/t2-,3-,4+,5-,6-/m1/s1. The summed E-state index contributed by atoms with van der Waals surface area (Å²) in [4.78, 5) is 0. The minimum Gasteiger partial charge on any atom is -0.394 e. The zero-order valence-corrected chi connectivity index (χ0v) is 9.27. The molecule has 0 fully saturated rings. The molecule has 0 unspecified atom stereocenters. The molecule has 0 aromatic rings. The number of aliphatic hydroxyl groups is 7. The highest BCUT2D eigenvalue weighted by Crippen LogP contribution is 2.08. The molecule has 0 saturated carbocycles. The topological polar surface area (TPSA) is 176 Å². The van der Waals surface area contributed by atoms with Gasteiger partial charge in [0.15, 0.2) is 0 Å². The summed E-state index contributed by atoms with van der Waals surface area (Å²) in [6.45, 7) is -0.926. The zero-order chi connectivity index (χ0) is 13.7. The van der Waals surface area contributed by atoms with Crippen molar-refractivity contribution in [3.05, 3.63) is 0 Å². The van der Waals surface area contributed by atoms with Gasteiger partial charge in [0, 0.05) is 0 Å². The van der Waals surface area contributed by atoms with Gasteiger partial charge >= 0.3 is 0 Å². The molecule has 7 N–H and O–H groups in total. The van der Waals surface area contributed by atoms with Crippen LogP contribution in [-0.2, 0) is 10.3 Å². The molecule has 0 rings (SSSR count). The molecule has 0 aliphatic rings. The normalized spacial score (nSPS) is 20.2. The second kappa shape index (κ2) is 6.98. The lowest BCUT2D eigenvalue weighted by Gasteiger charge is -2.27. The van der Waals surface area contributed by atoms with Gasteiger partial charge in [-0.3, -0.25) is 0 Å². The average Bonchev–Trinajstić information content (AvgIpc) is 2.32. The van der Waals surface area contributed by atoms with Gasteiger partial charge in [0.2, 0.25) is 15.3 Å². The molecule has 5 atom stereocenters. The summed E-state index contributed by atoms with van der Waals surface area (Å²) in [5.41, 5.74) is 0. The van der Waals surface area contributed by atoms with E-state index in [4.69, 9.17) is 25.5 Å². The maximum absolute atomic E-state index is 10.2. The quantitative estimate of drug-likeness (QED) is 0.235. The largest absolute Gasteiger partial charge is 0.394 e. The Bertz CT molecular complexity index is 356. The van der Waals surface area contributed by atoms with Gasteiger partial charge in [-0.15, -0.1) is 0 Å². The molecule has 0 radical (unpaired) electrons. The first kappa shape index (κ1) is 16.4.